The molecule has 26 heavy (non-hydrogen) atoms. The summed E-state index contributed by atoms with van der Waals surface area (Å²) in [5.41, 5.74) is 0.0962. The number of carboxylic acid groups (broad SMARTS) is 1. The molecule has 1 heterocycles. The summed E-state index contributed by atoms with van der Waals surface area (Å²) in [5, 5.41) is 9.93. The van der Waals surface area contributed by atoms with Gasteiger partial charge in [0.2, 0.25) is 0 Å². The predicted molar refractivity (Wildman–Crippen MR) is 96.9 cm³/mol. The van der Waals surface area contributed by atoms with Gasteiger partial charge in [0.1, 0.15) is 12.4 Å². The lowest BCUT2D eigenvalue weighted by molar-refractivity contribution is -0.146. The van der Waals surface area contributed by atoms with E-state index in [-0.39, 0.29) is 6.54 Å². The summed E-state index contributed by atoms with van der Waals surface area (Å²) >= 11 is 0. The lowest BCUT2D eigenvalue weighted by atomic mass is 9.87. The van der Waals surface area contributed by atoms with Gasteiger partial charge in [0.15, 0.2) is 5.54 Å². The Kier molecular flexibility index (Phi) is 4.75. The Morgan fingerprint density at radius 2 is 1.69 bits per heavy atom. The molecule has 6 nitrogen and oxygen atoms in total. The Bertz CT molecular complexity index is 835. The fourth-order valence-corrected chi connectivity index (χ4v) is 3.26. The molecule has 134 valence electrons. The molecule has 0 aromatic heterocycles. The van der Waals surface area contributed by atoms with Crippen LogP contribution in [0.5, 0.6) is 0 Å². The Morgan fingerprint density at radius 1 is 1.12 bits per heavy atom. The predicted octanol–water partition coefficient (Wildman–Crippen LogP) is 2.51. The van der Waals surface area contributed by atoms with E-state index >= 15 is 0 Å². The summed E-state index contributed by atoms with van der Waals surface area (Å²) in [7, 11) is 1.31. The standard InChI is InChI=1S/C20H20N2O4/c1-20(19(24)25)17(14-9-5-3-6-10-14)22(13-16(23)26-2)18(21-20)15-11-7-4-8-12-15/h3-12,17H,13H2,1-2H3,(H,24,25)/t17-,20-/m1/s1. The van der Waals surface area contributed by atoms with Crippen molar-refractivity contribution in [3.05, 3.63) is 71.8 Å². The third-order valence-electron chi connectivity index (χ3n) is 4.56. The number of esters is 1. The minimum atomic E-state index is -1.43. The summed E-state index contributed by atoms with van der Waals surface area (Å²) in [6.45, 7) is 1.49. The monoisotopic (exact) mass is 352 g/mol. The summed E-state index contributed by atoms with van der Waals surface area (Å²) in [6, 6.07) is 17.9. The van der Waals surface area contributed by atoms with Crippen molar-refractivity contribution in [2.24, 2.45) is 4.99 Å². The van der Waals surface area contributed by atoms with Crippen LogP contribution in [0.25, 0.3) is 0 Å². The first-order valence-electron chi connectivity index (χ1n) is 8.24. The lowest BCUT2D eigenvalue weighted by Gasteiger charge is -2.33. The highest BCUT2D eigenvalue weighted by atomic mass is 16.5. The number of hydrogen-bond donors (Lipinski definition) is 1. The minimum Gasteiger partial charge on any atom is -0.479 e. The van der Waals surface area contributed by atoms with Gasteiger partial charge < -0.3 is 14.7 Å². The Morgan fingerprint density at radius 3 is 2.23 bits per heavy atom. The number of ether oxygens (including phenoxy) is 1. The summed E-state index contributed by atoms with van der Waals surface area (Å²) in [5.74, 6) is -1.04. The maximum atomic E-state index is 12.1. The molecule has 0 amide bonds. The van der Waals surface area contributed by atoms with Crippen molar-refractivity contribution < 1.29 is 19.4 Å². The van der Waals surface area contributed by atoms with Crippen molar-refractivity contribution in [2.45, 2.75) is 18.5 Å². The third kappa shape index (κ3) is 3.06. The van der Waals surface area contributed by atoms with Crippen LogP contribution < -0.4 is 0 Å². The van der Waals surface area contributed by atoms with E-state index in [4.69, 9.17) is 4.74 Å². The van der Waals surface area contributed by atoms with Gasteiger partial charge in [-0.25, -0.2) is 9.79 Å². The van der Waals surface area contributed by atoms with E-state index in [1.54, 1.807) is 11.8 Å². The molecule has 0 unspecified atom stereocenters. The maximum absolute atomic E-state index is 12.1. The maximum Gasteiger partial charge on any atom is 0.333 e. The number of aliphatic carboxylic acids is 1. The molecule has 0 saturated heterocycles. The number of rotatable bonds is 5. The van der Waals surface area contributed by atoms with Crippen LogP contribution in [0.15, 0.2) is 65.7 Å². The Labute approximate surface area is 151 Å². The van der Waals surface area contributed by atoms with Crippen LogP contribution in [0.1, 0.15) is 24.1 Å². The van der Waals surface area contributed by atoms with Gasteiger partial charge in [-0.15, -0.1) is 0 Å². The molecule has 2 aromatic carbocycles. The van der Waals surface area contributed by atoms with E-state index in [2.05, 4.69) is 4.99 Å². The number of methoxy groups -OCH3 is 1. The molecular formula is C20H20N2O4. The van der Waals surface area contributed by atoms with Gasteiger partial charge in [-0.05, 0) is 12.5 Å². The Balaban J connectivity index is 2.16. The molecule has 1 N–H and O–H groups in total. The van der Waals surface area contributed by atoms with Crippen molar-refractivity contribution in [1.82, 2.24) is 4.90 Å². The topological polar surface area (TPSA) is 79.2 Å². The van der Waals surface area contributed by atoms with E-state index in [0.717, 1.165) is 11.1 Å². The Hall–Kier alpha value is -3.15. The van der Waals surface area contributed by atoms with Gasteiger partial charge in [0.25, 0.3) is 0 Å². The van der Waals surface area contributed by atoms with Gasteiger partial charge in [-0.1, -0.05) is 60.7 Å². The average molecular weight is 352 g/mol. The van der Waals surface area contributed by atoms with Crippen LogP contribution in [0.2, 0.25) is 0 Å². The summed E-state index contributed by atoms with van der Waals surface area (Å²) in [6.07, 6.45) is 0. The minimum absolute atomic E-state index is 0.0906. The van der Waals surface area contributed by atoms with Crippen LogP contribution in [0.4, 0.5) is 0 Å². The molecule has 2 aromatic rings. The number of carbonyl (C=O) groups excluding carboxylic acids is 1. The number of amidine groups is 1. The van der Waals surface area contributed by atoms with Crippen molar-refractivity contribution in [3.63, 3.8) is 0 Å². The highest BCUT2D eigenvalue weighted by molar-refractivity contribution is 6.04. The van der Waals surface area contributed by atoms with Crippen molar-refractivity contribution in [3.8, 4) is 0 Å². The molecule has 0 aliphatic carbocycles. The molecule has 0 bridgehead atoms. The SMILES string of the molecule is COC(=O)CN1C(c2ccccc2)=N[C@@](C)(C(=O)O)[C@H]1c1ccccc1. The van der Waals surface area contributed by atoms with Crippen LogP contribution in [-0.2, 0) is 14.3 Å². The zero-order valence-electron chi connectivity index (χ0n) is 14.6. The normalized spacial score (nSPS) is 22.0. The number of nitrogens with zero attached hydrogens (tertiary/aromatic N) is 2. The van der Waals surface area contributed by atoms with Crippen molar-refractivity contribution in [1.29, 1.82) is 0 Å². The molecule has 0 fully saturated rings. The second-order valence-corrected chi connectivity index (χ2v) is 6.27. The first-order valence-corrected chi connectivity index (χ1v) is 8.24. The van der Waals surface area contributed by atoms with E-state index in [1.807, 2.05) is 60.7 Å². The molecule has 0 saturated carbocycles. The summed E-state index contributed by atoms with van der Waals surface area (Å²) in [4.78, 5) is 30.4. The number of benzene rings is 2. The lowest BCUT2D eigenvalue weighted by Crippen LogP contribution is -2.45. The van der Waals surface area contributed by atoms with Crippen LogP contribution in [0.3, 0.4) is 0 Å². The number of hydrogen-bond acceptors (Lipinski definition) is 5. The fraction of sp³-hybridized carbons (Fsp3) is 0.250. The largest absolute Gasteiger partial charge is 0.479 e. The molecule has 0 spiro atoms. The van der Waals surface area contributed by atoms with E-state index in [0.29, 0.717) is 5.84 Å². The van der Waals surface area contributed by atoms with Crippen LogP contribution >= 0.6 is 0 Å². The average Bonchev–Trinajstić information content (AvgIpc) is 2.96. The molecule has 1 aliphatic heterocycles. The van der Waals surface area contributed by atoms with Crippen LogP contribution in [0, 0.1) is 0 Å². The second-order valence-electron chi connectivity index (χ2n) is 6.27. The first-order chi connectivity index (χ1) is 12.5. The molecule has 3 rings (SSSR count). The van der Waals surface area contributed by atoms with Gasteiger partial charge in [0, 0.05) is 5.56 Å². The van der Waals surface area contributed by atoms with Gasteiger partial charge in [-0.2, -0.15) is 0 Å². The number of carboxylic acids is 1. The van der Waals surface area contributed by atoms with Gasteiger partial charge in [-0.3, -0.25) is 4.79 Å². The number of aliphatic imine (C=N–C) groups is 1. The van der Waals surface area contributed by atoms with E-state index < -0.39 is 23.5 Å². The highest BCUT2D eigenvalue weighted by Crippen LogP contribution is 2.41. The quantitative estimate of drug-likeness (QED) is 0.837. The third-order valence-corrected chi connectivity index (χ3v) is 4.56. The zero-order valence-corrected chi connectivity index (χ0v) is 14.6. The number of carbonyl (C=O) groups is 2. The first kappa shape index (κ1) is 17.7. The van der Waals surface area contributed by atoms with Crippen molar-refractivity contribution in [2.75, 3.05) is 13.7 Å². The van der Waals surface area contributed by atoms with Gasteiger partial charge >= 0.3 is 11.9 Å². The van der Waals surface area contributed by atoms with E-state index in [9.17, 15) is 14.7 Å². The van der Waals surface area contributed by atoms with Gasteiger partial charge in [0.05, 0.1) is 13.2 Å². The smallest absolute Gasteiger partial charge is 0.333 e. The van der Waals surface area contributed by atoms with Crippen LogP contribution in [-0.4, -0.2) is 47.0 Å². The second kappa shape index (κ2) is 7.00. The zero-order chi connectivity index (χ0) is 18.7. The molecule has 6 heteroatoms. The summed E-state index contributed by atoms with van der Waals surface area (Å²) < 4.78 is 4.83. The molecule has 1 aliphatic rings. The highest BCUT2D eigenvalue weighted by Gasteiger charge is 2.52. The van der Waals surface area contributed by atoms with Crippen molar-refractivity contribution >= 4 is 17.8 Å². The van der Waals surface area contributed by atoms with E-state index in [1.165, 1.54) is 7.11 Å². The molecule has 0 radical (unpaired) electrons. The fourth-order valence-electron chi connectivity index (χ4n) is 3.26. The molecule has 2 atom stereocenters. The molecular weight excluding hydrogens is 332 g/mol.